The van der Waals surface area contributed by atoms with Gasteiger partial charge >= 0.3 is 0 Å². The number of nitrogens with zero attached hydrogens (tertiary/aromatic N) is 3. The summed E-state index contributed by atoms with van der Waals surface area (Å²) in [6.45, 7) is 14.8. The Morgan fingerprint density at radius 3 is 1.99 bits per heavy atom. The van der Waals surface area contributed by atoms with E-state index in [1.165, 1.54) is 55.0 Å². The Labute approximate surface area is 416 Å². The van der Waals surface area contributed by atoms with Crippen LogP contribution < -0.4 is 0 Å². The average Bonchev–Trinajstić information content (AvgIpc) is 4.02. The zero-order valence-corrected chi connectivity index (χ0v) is 42.0. The molecule has 4 nitrogen and oxygen atoms in total. The van der Waals surface area contributed by atoms with Gasteiger partial charge < -0.3 is 14.0 Å². The number of rotatable bonds is 8. The van der Waals surface area contributed by atoms with E-state index < -0.39 is 11.8 Å². The summed E-state index contributed by atoms with van der Waals surface area (Å²) in [5.74, 6) is 1.42. The molecule has 0 amide bonds. The van der Waals surface area contributed by atoms with Gasteiger partial charge in [-0.2, -0.15) is 0 Å². The molecular formula is C63H55IrN3O-2. The normalized spacial score (nSPS) is 12.3. The fourth-order valence-electron chi connectivity index (χ4n) is 9.36. The van der Waals surface area contributed by atoms with Crippen molar-refractivity contribution in [2.75, 3.05) is 0 Å². The van der Waals surface area contributed by atoms with Crippen LogP contribution in [-0.2, 0) is 26.5 Å². The van der Waals surface area contributed by atoms with Crippen LogP contribution in [0.3, 0.4) is 0 Å². The Kier molecular flexibility index (Phi) is 12.4. The minimum absolute atomic E-state index is 0. The smallest absolute Gasteiger partial charge is 0.122 e. The largest absolute Gasteiger partial charge is 0.500 e. The average molecular weight is 1060 g/mol. The van der Waals surface area contributed by atoms with Gasteiger partial charge in [0.2, 0.25) is 0 Å². The van der Waals surface area contributed by atoms with Gasteiger partial charge in [0.1, 0.15) is 5.58 Å². The minimum atomic E-state index is -1.40. The molecular weight excluding hydrogens is 1010 g/mol. The number of benzene rings is 8. The van der Waals surface area contributed by atoms with Gasteiger partial charge in [0.05, 0.1) is 11.4 Å². The van der Waals surface area contributed by atoms with E-state index in [9.17, 15) is 0 Å². The van der Waals surface area contributed by atoms with E-state index in [-0.39, 0.29) is 20.1 Å². The summed E-state index contributed by atoms with van der Waals surface area (Å²) in [6.07, 6.45) is 4.22. The van der Waals surface area contributed by atoms with Crippen molar-refractivity contribution in [3.63, 3.8) is 0 Å². The van der Waals surface area contributed by atoms with Gasteiger partial charge in [0.15, 0.2) is 0 Å². The second-order valence-corrected chi connectivity index (χ2v) is 19.0. The quantitative estimate of drug-likeness (QED) is 0.113. The van der Waals surface area contributed by atoms with E-state index in [1.54, 1.807) is 6.20 Å². The summed E-state index contributed by atoms with van der Waals surface area (Å²) in [5.41, 5.74) is 13.0. The molecule has 339 valence electrons. The van der Waals surface area contributed by atoms with Crippen LogP contribution in [0.2, 0.25) is 0 Å². The molecule has 0 fully saturated rings. The van der Waals surface area contributed by atoms with Gasteiger partial charge in [-0.05, 0) is 108 Å². The van der Waals surface area contributed by atoms with Gasteiger partial charge in [-0.15, -0.1) is 54.1 Å². The number of hydrogen-bond acceptors (Lipinski definition) is 3. The van der Waals surface area contributed by atoms with Crippen LogP contribution in [-0.4, -0.2) is 14.5 Å². The van der Waals surface area contributed by atoms with Gasteiger partial charge in [0.25, 0.3) is 0 Å². The zero-order valence-electron chi connectivity index (χ0n) is 41.6. The predicted octanol–water partition coefficient (Wildman–Crippen LogP) is 17.3. The summed E-state index contributed by atoms with van der Waals surface area (Å²) in [5, 5.41) is 7.06. The van der Waals surface area contributed by atoms with Gasteiger partial charge in [-0.1, -0.05) is 169 Å². The SMILES string of the molecule is CC(C)c1cc(-c2ccccc2)cc(C(C)C)c1-n1ccnc1-c1[c-]ccc2c1oc1cc(-c3ccccc3)c3c4ccccc4ccc3c12.[2H]C([2H])(c1ccc(-c2[c-]cccc2)nc1)C(C)(C)C.[Ir]. The molecule has 1 radical (unpaired) electrons. The first-order valence-corrected chi connectivity index (χ1v) is 23.3. The van der Waals surface area contributed by atoms with Crippen LogP contribution >= 0.6 is 0 Å². The molecule has 0 saturated heterocycles. The Hall–Kier alpha value is -6.91. The minimum Gasteiger partial charge on any atom is -0.500 e. The number of fused-ring (bicyclic) bond motifs is 7. The topological polar surface area (TPSA) is 43.9 Å². The van der Waals surface area contributed by atoms with Crippen LogP contribution in [0, 0.1) is 17.5 Å². The molecule has 0 N–H and O–H groups in total. The summed E-state index contributed by atoms with van der Waals surface area (Å²) >= 11 is 0. The molecule has 8 aromatic carbocycles. The molecule has 3 heterocycles. The molecule has 3 aromatic heterocycles. The van der Waals surface area contributed by atoms with Crippen molar-refractivity contribution >= 4 is 43.5 Å². The second kappa shape index (κ2) is 19.4. The fraction of sp³-hybridized carbons (Fsp3) is 0.175. The van der Waals surface area contributed by atoms with E-state index in [2.05, 4.69) is 177 Å². The van der Waals surface area contributed by atoms with Crippen molar-refractivity contribution in [1.29, 1.82) is 0 Å². The van der Waals surface area contributed by atoms with Crippen molar-refractivity contribution < 1.29 is 27.3 Å². The van der Waals surface area contributed by atoms with Crippen LogP contribution in [0.1, 0.15) is 79.7 Å². The summed E-state index contributed by atoms with van der Waals surface area (Å²) in [7, 11) is 0. The summed E-state index contributed by atoms with van der Waals surface area (Å²) in [6, 6.07) is 63.6. The van der Waals surface area contributed by atoms with Crippen molar-refractivity contribution in [3.8, 4) is 50.6 Å². The fourth-order valence-corrected chi connectivity index (χ4v) is 9.36. The monoisotopic (exact) mass is 1060 g/mol. The molecule has 0 spiro atoms. The molecule has 11 rings (SSSR count). The molecule has 5 heteroatoms. The maximum atomic E-state index is 8.21. The number of imidazole rings is 1. The van der Waals surface area contributed by atoms with Gasteiger partial charge in [0, 0.05) is 52.5 Å². The molecule has 0 bridgehead atoms. The Morgan fingerprint density at radius 2 is 1.32 bits per heavy atom. The van der Waals surface area contributed by atoms with Crippen molar-refractivity contribution in [3.05, 3.63) is 211 Å². The van der Waals surface area contributed by atoms with E-state index in [0.717, 1.165) is 50.1 Å². The predicted molar refractivity (Wildman–Crippen MR) is 281 cm³/mol. The number of furan rings is 1. The molecule has 68 heavy (non-hydrogen) atoms. The van der Waals surface area contributed by atoms with E-state index in [4.69, 9.17) is 12.1 Å². The molecule has 11 aromatic rings. The van der Waals surface area contributed by atoms with Crippen molar-refractivity contribution in [1.82, 2.24) is 14.5 Å². The summed E-state index contributed by atoms with van der Waals surface area (Å²) in [4.78, 5) is 9.36. The van der Waals surface area contributed by atoms with Crippen LogP contribution in [0.25, 0.3) is 94.1 Å². The maximum absolute atomic E-state index is 8.21. The van der Waals surface area contributed by atoms with Crippen LogP contribution in [0.5, 0.6) is 0 Å². The van der Waals surface area contributed by atoms with Crippen molar-refractivity contribution in [2.24, 2.45) is 5.41 Å². The standard InChI is InChI=1S/C47H37N2O.C16H18N.Ir/c1-29(2)39-26-34(31-14-7-5-8-15-31)27-40(30(3)4)45(39)49-25-24-48-47(49)38-21-13-20-37-44-36-23-22-33-18-11-12-19-35(33)43(36)41(28-42(44)50-46(37)38)32-16-9-6-10-17-32;1-16(2,3)11-13-9-10-15(17-12-13)14-7-5-4-6-8-14;/h5-20,22-30H,1-4H3;4-7,9-10,12H,11H2,1-3H3;/q2*-1;/i;11D2;. The molecule has 0 saturated carbocycles. The van der Waals surface area contributed by atoms with E-state index in [1.807, 2.05) is 69.4 Å². The van der Waals surface area contributed by atoms with Crippen molar-refractivity contribution in [2.45, 2.75) is 66.7 Å². The second-order valence-electron chi connectivity index (χ2n) is 19.0. The van der Waals surface area contributed by atoms with E-state index >= 15 is 0 Å². The van der Waals surface area contributed by atoms with Crippen LogP contribution in [0.4, 0.5) is 0 Å². The zero-order chi connectivity index (χ0) is 48.0. The third-order valence-electron chi connectivity index (χ3n) is 12.4. The third kappa shape index (κ3) is 9.09. The Bertz CT molecular complexity index is 3580. The van der Waals surface area contributed by atoms with Crippen LogP contribution in [0.15, 0.2) is 187 Å². The molecule has 0 atom stereocenters. The number of hydrogen-bond donors (Lipinski definition) is 0. The first kappa shape index (κ1) is 43.6. The van der Waals surface area contributed by atoms with Gasteiger partial charge in [-0.3, -0.25) is 4.98 Å². The summed E-state index contributed by atoms with van der Waals surface area (Å²) < 4.78 is 25.6. The molecule has 0 unspecified atom stereocenters. The third-order valence-corrected chi connectivity index (χ3v) is 12.4. The first-order valence-electron chi connectivity index (χ1n) is 24.3. The van der Waals surface area contributed by atoms with Gasteiger partial charge in [-0.25, -0.2) is 0 Å². The molecule has 0 aliphatic heterocycles. The van der Waals surface area contributed by atoms with E-state index in [0.29, 0.717) is 17.4 Å². The number of aromatic nitrogens is 3. The Balaban J connectivity index is 0.000000257. The molecule has 0 aliphatic rings. The Morgan fingerprint density at radius 1 is 0.632 bits per heavy atom. The number of pyridine rings is 1. The first-order chi connectivity index (χ1) is 33.3. The maximum Gasteiger partial charge on any atom is 0.122 e. The molecule has 0 aliphatic carbocycles.